The van der Waals surface area contributed by atoms with Crippen molar-refractivity contribution < 1.29 is 9.47 Å². The van der Waals surface area contributed by atoms with Gasteiger partial charge < -0.3 is 24.7 Å². The molecule has 0 aliphatic carbocycles. The summed E-state index contributed by atoms with van der Waals surface area (Å²) in [5.74, 6) is 2.53. The van der Waals surface area contributed by atoms with Gasteiger partial charge in [0.2, 0.25) is 0 Å². The molecule has 10 heteroatoms. The molecular formula is C19H31IN6O2S. The average Bonchev–Trinajstić information content (AvgIpc) is 3.45. The summed E-state index contributed by atoms with van der Waals surface area (Å²) in [6, 6.07) is 4.24. The molecule has 1 unspecified atom stereocenters. The molecule has 3 rings (SSSR count). The molecule has 0 saturated carbocycles. The minimum absolute atomic E-state index is 0. The number of hydrogen-bond donors (Lipinski definition) is 2. The van der Waals surface area contributed by atoms with Gasteiger partial charge in [-0.1, -0.05) is 6.07 Å². The van der Waals surface area contributed by atoms with Crippen LogP contribution in [0.25, 0.3) is 0 Å². The smallest absolute Gasteiger partial charge is 0.191 e. The van der Waals surface area contributed by atoms with Gasteiger partial charge in [0.25, 0.3) is 0 Å². The Hall–Kier alpha value is -1.24. The lowest BCUT2D eigenvalue weighted by Gasteiger charge is -2.13. The number of aromatic nitrogens is 3. The second-order valence-electron chi connectivity index (χ2n) is 6.78. The molecule has 0 amide bonds. The lowest BCUT2D eigenvalue weighted by atomic mass is 10.3. The number of hydrogen-bond acceptors (Lipinski definition) is 6. The van der Waals surface area contributed by atoms with E-state index in [-0.39, 0.29) is 30.1 Å². The van der Waals surface area contributed by atoms with Crippen LogP contribution in [0.5, 0.6) is 0 Å². The van der Waals surface area contributed by atoms with Gasteiger partial charge in [-0.05, 0) is 37.6 Å². The fraction of sp³-hybridized carbons (Fsp3) is 0.632. The van der Waals surface area contributed by atoms with Crippen molar-refractivity contribution in [2.24, 2.45) is 12.0 Å². The van der Waals surface area contributed by atoms with Crippen molar-refractivity contribution >= 4 is 41.3 Å². The molecule has 8 nitrogen and oxygen atoms in total. The van der Waals surface area contributed by atoms with Crippen LogP contribution in [0.4, 0.5) is 0 Å². The first-order chi connectivity index (χ1) is 13.7. The van der Waals surface area contributed by atoms with Crippen molar-refractivity contribution in [1.29, 1.82) is 0 Å². The molecule has 2 aromatic heterocycles. The first kappa shape index (κ1) is 24.0. The monoisotopic (exact) mass is 534 g/mol. The van der Waals surface area contributed by atoms with Gasteiger partial charge in [-0.25, -0.2) is 4.99 Å². The van der Waals surface area contributed by atoms with E-state index in [1.165, 1.54) is 4.88 Å². The molecule has 0 bridgehead atoms. The normalized spacial score (nSPS) is 16.6. The van der Waals surface area contributed by atoms with Crippen molar-refractivity contribution in [3.63, 3.8) is 0 Å². The van der Waals surface area contributed by atoms with Crippen molar-refractivity contribution in [3.8, 4) is 0 Å². The highest BCUT2D eigenvalue weighted by Gasteiger charge is 2.15. The molecule has 1 aliphatic heterocycles. The molecule has 1 saturated heterocycles. The number of rotatable bonds is 10. The Kier molecular flexibility index (Phi) is 10.9. The molecule has 29 heavy (non-hydrogen) atoms. The predicted octanol–water partition coefficient (Wildman–Crippen LogP) is 2.28. The SMILES string of the molecule is Cc1nnc(CN=C(NCCCOC2CCOC2)NCCc2cccs2)n1C.I. The van der Waals surface area contributed by atoms with E-state index in [4.69, 9.17) is 9.47 Å². The minimum Gasteiger partial charge on any atom is -0.379 e. The van der Waals surface area contributed by atoms with Crippen LogP contribution in [0.2, 0.25) is 0 Å². The van der Waals surface area contributed by atoms with E-state index in [0.717, 1.165) is 69.8 Å². The van der Waals surface area contributed by atoms with Crippen LogP contribution in [0, 0.1) is 6.92 Å². The van der Waals surface area contributed by atoms with Crippen LogP contribution in [0.3, 0.4) is 0 Å². The van der Waals surface area contributed by atoms with Gasteiger partial charge >= 0.3 is 0 Å². The van der Waals surface area contributed by atoms with Gasteiger partial charge in [0.05, 0.1) is 12.7 Å². The maximum Gasteiger partial charge on any atom is 0.191 e. The summed E-state index contributed by atoms with van der Waals surface area (Å²) < 4.78 is 13.1. The third kappa shape index (κ3) is 8.19. The van der Waals surface area contributed by atoms with Gasteiger partial charge in [-0.3, -0.25) is 0 Å². The van der Waals surface area contributed by atoms with Crippen molar-refractivity contribution in [3.05, 3.63) is 34.0 Å². The fourth-order valence-corrected chi connectivity index (χ4v) is 3.55. The van der Waals surface area contributed by atoms with Gasteiger partial charge in [0.1, 0.15) is 12.4 Å². The number of halogens is 1. The van der Waals surface area contributed by atoms with Crippen LogP contribution in [0.15, 0.2) is 22.5 Å². The number of nitrogens with zero attached hydrogens (tertiary/aromatic N) is 4. The molecule has 1 atom stereocenters. The van der Waals surface area contributed by atoms with Crippen LogP contribution >= 0.6 is 35.3 Å². The van der Waals surface area contributed by atoms with Crippen molar-refractivity contribution in [2.75, 3.05) is 32.9 Å². The first-order valence-corrected chi connectivity index (χ1v) is 10.7. The maximum absolute atomic E-state index is 5.82. The zero-order valence-electron chi connectivity index (χ0n) is 17.1. The molecule has 162 valence electrons. The Morgan fingerprint density at radius 1 is 1.38 bits per heavy atom. The van der Waals surface area contributed by atoms with Crippen molar-refractivity contribution in [1.82, 2.24) is 25.4 Å². The number of ether oxygens (including phenoxy) is 2. The summed E-state index contributed by atoms with van der Waals surface area (Å²) in [6.45, 7) is 6.33. The lowest BCUT2D eigenvalue weighted by molar-refractivity contribution is 0.0420. The first-order valence-electron chi connectivity index (χ1n) is 9.81. The van der Waals surface area contributed by atoms with E-state index < -0.39 is 0 Å². The third-order valence-corrected chi connectivity index (χ3v) is 5.60. The van der Waals surface area contributed by atoms with E-state index in [2.05, 4.69) is 43.3 Å². The highest BCUT2D eigenvalue weighted by Crippen LogP contribution is 2.09. The number of guanidine groups is 1. The Bertz CT molecular complexity index is 731. The molecule has 1 aliphatic rings. The van der Waals surface area contributed by atoms with Gasteiger partial charge in [-0.15, -0.1) is 45.5 Å². The predicted molar refractivity (Wildman–Crippen MR) is 126 cm³/mol. The summed E-state index contributed by atoms with van der Waals surface area (Å²) >= 11 is 1.78. The quantitative estimate of drug-likeness (QED) is 0.211. The summed E-state index contributed by atoms with van der Waals surface area (Å²) in [4.78, 5) is 6.04. The third-order valence-electron chi connectivity index (χ3n) is 4.66. The molecule has 1 fully saturated rings. The Morgan fingerprint density at radius 3 is 2.93 bits per heavy atom. The Labute approximate surface area is 193 Å². The van der Waals surface area contributed by atoms with Gasteiger partial charge in [-0.2, -0.15) is 0 Å². The molecule has 0 aromatic carbocycles. The maximum atomic E-state index is 5.82. The summed E-state index contributed by atoms with van der Waals surface area (Å²) in [7, 11) is 1.96. The second-order valence-corrected chi connectivity index (χ2v) is 7.81. The molecule has 2 aromatic rings. The van der Waals surface area contributed by atoms with Gasteiger partial charge in [0.15, 0.2) is 11.8 Å². The zero-order chi connectivity index (χ0) is 19.6. The summed E-state index contributed by atoms with van der Waals surface area (Å²) in [5.41, 5.74) is 0. The summed E-state index contributed by atoms with van der Waals surface area (Å²) in [5, 5.41) is 17.2. The number of aliphatic imine (C=N–C) groups is 1. The van der Waals surface area contributed by atoms with E-state index in [1.807, 2.05) is 18.5 Å². The Morgan fingerprint density at radius 2 is 2.24 bits per heavy atom. The van der Waals surface area contributed by atoms with E-state index in [9.17, 15) is 0 Å². The zero-order valence-corrected chi connectivity index (χ0v) is 20.2. The molecule has 0 spiro atoms. The molecular weight excluding hydrogens is 503 g/mol. The van der Waals surface area contributed by atoms with Gasteiger partial charge in [0, 0.05) is 38.2 Å². The number of thiophene rings is 1. The highest BCUT2D eigenvalue weighted by molar-refractivity contribution is 14.0. The van der Waals surface area contributed by atoms with E-state index in [0.29, 0.717) is 6.54 Å². The Balaban J connectivity index is 0.00000300. The van der Waals surface area contributed by atoms with Crippen LogP contribution in [-0.4, -0.2) is 59.7 Å². The fourth-order valence-electron chi connectivity index (χ4n) is 2.85. The highest BCUT2D eigenvalue weighted by atomic mass is 127. The standard InChI is InChI=1S/C19H30N6O2S.HI/c1-15-23-24-18(25(15)2)13-22-19(21-9-6-17-5-3-12-28-17)20-8-4-10-27-16-7-11-26-14-16;/h3,5,12,16H,4,6-11,13-14H2,1-2H3,(H2,20,21,22);1H. The van der Waals surface area contributed by atoms with Crippen molar-refractivity contribution in [2.45, 2.75) is 38.8 Å². The second kappa shape index (κ2) is 13.1. The molecule has 2 N–H and O–H groups in total. The average molecular weight is 534 g/mol. The lowest BCUT2D eigenvalue weighted by Crippen LogP contribution is -2.39. The van der Waals surface area contributed by atoms with Crippen LogP contribution in [-0.2, 0) is 29.5 Å². The minimum atomic E-state index is 0. The topological polar surface area (TPSA) is 85.6 Å². The van der Waals surface area contributed by atoms with Crippen LogP contribution in [0.1, 0.15) is 29.4 Å². The number of aryl methyl sites for hydroxylation is 1. The molecule has 0 radical (unpaired) electrons. The molecule has 3 heterocycles. The van der Waals surface area contributed by atoms with E-state index in [1.54, 1.807) is 11.3 Å². The van der Waals surface area contributed by atoms with E-state index >= 15 is 0 Å². The number of nitrogens with one attached hydrogen (secondary N) is 2. The largest absolute Gasteiger partial charge is 0.379 e. The van der Waals surface area contributed by atoms with Crippen LogP contribution < -0.4 is 10.6 Å². The summed E-state index contributed by atoms with van der Waals surface area (Å²) in [6.07, 6.45) is 3.16.